The molecule has 3 heterocycles. The minimum atomic E-state index is -0.914. The topological polar surface area (TPSA) is 102 Å². The van der Waals surface area contributed by atoms with Crippen LogP contribution in [0.25, 0.3) is 11.3 Å². The Balaban J connectivity index is 1.60. The summed E-state index contributed by atoms with van der Waals surface area (Å²) in [6.07, 6.45) is 8.83. The summed E-state index contributed by atoms with van der Waals surface area (Å²) < 4.78 is 7.97. The molecule has 33 heavy (non-hydrogen) atoms. The number of hydrogen-bond donors (Lipinski definition) is 2. The van der Waals surface area contributed by atoms with E-state index in [2.05, 4.69) is 40.0 Å². The summed E-state index contributed by atoms with van der Waals surface area (Å²) in [6.45, 7) is 8.01. The van der Waals surface area contributed by atoms with E-state index in [9.17, 15) is 5.11 Å². The number of piperidine rings is 1. The van der Waals surface area contributed by atoms with Gasteiger partial charge in [0.1, 0.15) is 0 Å². The number of nitrogens with two attached hydrogens (primary N) is 1. The number of nitrogens with zero attached hydrogens (tertiary/aromatic N) is 5. The van der Waals surface area contributed by atoms with Crippen molar-refractivity contribution in [3.05, 3.63) is 47.9 Å². The Bertz CT molecular complexity index is 1100. The number of ether oxygens (including phenoxy) is 1. The highest BCUT2D eigenvalue weighted by Gasteiger charge is 2.23. The first kappa shape index (κ1) is 23.2. The molecule has 0 aliphatic carbocycles. The van der Waals surface area contributed by atoms with Gasteiger partial charge in [-0.1, -0.05) is 19.9 Å². The molecule has 1 unspecified atom stereocenters. The molecule has 0 spiro atoms. The zero-order chi connectivity index (χ0) is 23.6. The van der Waals surface area contributed by atoms with Crippen molar-refractivity contribution in [2.45, 2.75) is 58.1 Å². The number of benzene rings is 1. The largest absolute Gasteiger partial charge is 0.433 e. The Morgan fingerprint density at radius 3 is 2.64 bits per heavy atom. The van der Waals surface area contributed by atoms with E-state index in [1.54, 1.807) is 12.4 Å². The lowest BCUT2D eigenvalue weighted by Gasteiger charge is -2.28. The van der Waals surface area contributed by atoms with Gasteiger partial charge in [0.2, 0.25) is 0 Å². The van der Waals surface area contributed by atoms with Gasteiger partial charge >= 0.3 is 0 Å². The number of aromatic nitrogens is 4. The highest BCUT2D eigenvalue weighted by Crippen LogP contribution is 2.32. The fraction of sp³-hybridized carbons (Fsp3) is 0.480. The van der Waals surface area contributed by atoms with Gasteiger partial charge in [-0.2, -0.15) is 5.10 Å². The molecule has 2 aromatic heterocycles. The van der Waals surface area contributed by atoms with E-state index in [0.717, 1.165) is 49.0 Å². The molecule has 1 aromatic carbocycles. The number of aryl methyl sites for hydroxylation is 1. The molecule has 3 N–H and O–H groups in total. The standard InChI is InChI=1S/C25H34N6O2/c1-5-17-11-18(13-19(12-17)25(3,32)6-2)22-15-27-23(26)24(29-22)33-21-14-28-31(16-21)20-7-9-30(4)10-8-20/h11-16,20,32H,5-10H2,1-4H3,(H2,26,27). The summed E-state index contributed by atoms with van der Waals surface area (Å²) in [5.41, 5.74) is 8.67. The third-order valence-electron chi connectivity index (χ3n) is 6.63. The number of aliphatic hydroxyl groups is 1. The third kappa shape index (κ3) is 5.17. The van der Waals surface area contributed by atoms with E-state index in [-0.39, 0.29) is 11.7 Å². The zero-order valence-electron chi connectivity index (χ0n) is 20.0. The molecule has 8 nitrogen and oxygen atoms in total. The fourth-order valence-corrected chi connectivity index (χ4v) is 4.10. The van der Waals surface area contributed by atoms with Crippen molar-refractivity contribution < 1.29 is 9.84 Å². The molecule has 0 bridgehead atoms. The first-order valence-corrected chi connectivity index (χ1v) is 11.7. The van der Waals surface area contributed by atoms with Gasteiger partial charge in [0.25, 0.3) is 5.88 Å². The smallest absolute Gasteiger partial charge is 0.263 e. The molecule has 4 rings (SSSR count). The summed E-state index contributed by atoms with van der Waals surface area (Å²) in [4.78, 5) is 11.3. The van der Waals surface area contributed by atoms with Gasteiger partial charge in [0, 0.05) is 5.56 Å². The summed E-state index contributed by atoms with van der Waals surface area (Å²) >= 11 is 0. The maximum absolute atomic E-state index is 10.8. The average Bonchev–Trinajstić information content (AvgIpc) is 3.29. The molecule has 176 valence electrons. The molecule has 0 radical (unpaired) electrons. The molecule has 1 fully saturated rings. The van der Waals surface area contributed by atoms with Crippen LogP contribution in [-0.4, -0.2) is 49.9 Å². The van der Waals surface area contributed by atoms with Crippen LogP contribution in [0.15, 0.2) is 36.8 Å². The monoisotopic (exact) mass is 450 g/mol. The second kappa shape index (κ2) is 9.49. The Labute approximate surface area is 195 Å². The van der Waals surface area contributed by atoms with Crippen molar-refractivity contribution in [2.24, 2.45) is 0 Å². The summed E-state index contributed by atoms with van der Waals surface area (Å²) in [6, 6.07) is 6.45. The van der Waals surface area contributed by atoms with Crippen LogP contribution in [0.3, 0.4) is 0 Å². The van der Waals surface area contributed by atoms with E-state index in [1.807, 2.05) is 36.9 Å². The van der Waals surface area contributed by atoms with Crippen LogP contribution in [-0.2, 0) is 12.0 Å². The molecule has 1 aliphatic heterocycles. The number of nitrogen functional groups attached to an aromatic ring is 1. The van der Waals surface area contributed by atoms with Gasteiger partial charge < -0.3 is 20.5 Å². The van der Waals surface area contributed by atoms with Crippen molar-refractivity contribution in [2.75, 3.05) is 25.9 Å². The fourth-order valence-electron chi connectivity index (χ4n) is 4.10. The molecule has 0 saturated carbocycles. The van der Waals surface area contributed by atoms with Crippen molar-refractivity contribution in [3.8, 4) is 22.9 Å². The van der Waals surface area contributed by atoms with Gasteiger partial charge in [0.15, 0.2) is 11.6 Å². The molecule has 0 amide bonds. The first-order chi connectivity index (χ1) is 15.8. The van der Waals surface area contributed by atoms with E-state index in [1.165, 1.54) is 0 Å². The second-order valence-corrected chi connectivity index (χ2v) is 9.14. The van der Waals surface area contributed by atoms with Crippen LogP contribution < -0.4 is 10.5 Å². The number of likely N-dealkylation sites (tertiary alicyclic amines) is 1. The van der Waals surface area contributed by atoms with Gasteiger partial charge in [-0.15, -0.1) is 0 Å². The Hall–Kier alpha value is -2.97. The molecule has 1 aliphatic rings. The average molecular weight is 451 g/mol. The van der Waals surface area contributed by atoms with E-state index in [0.29, 0.717) is 23.9 Å². The first-order valence-electron chi connectivity index (χ1n) is 11.7. The maximum atomic E-state index is 10.8. The van der Waals surface area contributed by atoms with Crippen molar-refractivity contribution in [1.29, 1.82) is 0 Å². The summed E-state index contributed by atoms with van der Waals surface area (Å²) in [5.74, 6) is 1.06. The van der Waals surface area contributed by atoms with Crippen molar-refractivity contribution in [1.82, 2.24) is 24.6 Å². The molecule has 3 aromatic rings. The Kier molecular flexibility index (Phi) is 6.67. The van der Waals surface area contributed by atoms with Crippen LogP contribution in [0.5, 0.6) is 11.6 Å². The van der Waals surface area contributed by atoms with Gasteiger partial charge in [0.05, 0.1) is 35.9 Å². The summed E-state index contributed by atoms with van der Waals surface area (Å²) in [5, 5.41) is 15.3. The quantitative estimate of drug-likeness (QED) is 0.557. The van der Waals surface area contributed by atoms with E-state index < -0.39 is 5.60 Å². The predicted octanol–water partition coefficient (Wildman–Crippen LogP) is 4.16. The lowest BCUT2D eigenvalue weighted by molar-refractivity contribution is 0.0530. The van der Waals surface area contributed by atoms with Crippen LogP contribution in [0.2, 0.25) is 0 Å². The zero-order valence-corrected chi connectivity index (χ0v) is 20.0. The van der Waals surface area contributed by atoms with Crippen LogP contribution in [0.4, 0.5) is 5.82 Å². The maximum Gasteiger partial charge on any atom is 0.263 e. The predicted molar refractivity (Wildman–Crippen MR) is 129 cm³/mol. The minimum absolute atomic E-state index is 0.221. The lowest BCUT2D eigenvalue weighted by atomic mass is 9.89. The highest BCUT2D eigenvalue weighted by molar-refractivity contribution is 5.63. The van der Waals surface area contributed by atoms with Gasteiger partial charge in [-0.05, 0) is 76.0 Å². The molecule has 1 saturated heterocycles. The molecular formula is C25H34N6O2. The van der Waals surface area contributed by atoms with Crippen LogP contribution in [0.1, 0.15) is 57.2 Å². The van der Waals surface area contributed by atoms with Gasteiger partial charge in [-0.3, -0.25) is 4.68 Å². The highest BCUT2D eigenvalue weighted by atomic mass is 16.5. The van der Waals surface area contributed by atoms with Crippen molar-refractivity contribution in [3.63, 3.8) is 0 Å². The normalized spacial score (nSPS) is 17.1. The third-order valence-corrected chi connectivity index (χ3v) is 6.63. The lowest BCUT2D eigenvalue weighted by Crippen LogP contribution is -2.31. The Morgan fingerprint density at radius 1 is 1.18 bits per heavy atom. The number of anilines is 1. The molecular weight excluding hydrogens is 416 g/mol. The SMILES string of the molecule is CCc1cc(-c2cnc(N)c(Oc3cnn(C4CCN(C)CC4)c3)n2)cc(C(C)(O)CC)c1. The Morgan fingerprint density at radius 2 is 1.94 bits per heavy atom. The number of rotatable bonds is 7. The second-order valence-electron chi connectivity index (χ2n) is 9.14. The molecule has 8 heteroatoms. The van der Waals surface area contributed by atoms with Gasteiger partial charge in [-0.25, -0.2) is 9.97 Å². The van der Waals surface area contributed by atoms with Crippen LogP contribution >= 0.6 is 0 Å². The minimum Gasteiger partial charge on any atom is -0.433 e. The van der Waals surface area contributed by atoms with E-state index >= 15 is 0 Å². The van der Waals surface area contributed by atoms with Crippen LogP contribution in [0, 0.1) is 0 Å². The van der Waals surface area contributed by atoms with Crippen molar-refractivity contribution >= 4 is 5.82 Å². The number of hydrogen-bond acceptors (Lipinski definition) is 7. The van der Waals surface area contributed by atoms with E-state index in [4.69, 9.17) is 10.5 Å². The molecule has 1 atom stereocenters. The summed E-state index contributed by atoms with van der Waals surface area (Å²) in [7, 11) is 2.14.